The molecule has 4 heterocycles. The van der Waals surface area contributed by atoms with Gasteiger partial charge in [0.25, 0.3) is 0 Å². The van der Waals surface area contributed by atoms with Crippen LogP contribution in [0.15, 0.2) is 60.7 Å². The Bertz CT molecular complexity index is 2230. The van der Waals surface area contributed by atoms with E-state index < -0.39 is 87.6 Å². The third kappa shape index (κ3) is 8.43. The normalized spacial score (nSPS) is 28.7. The standard InChI is InChI=1S/C40H43F2N5O9S/c41-40(42)22-54-26-11-8-9-24(17-26)34-35(44-30-13-7-6-12-29(30)43-34)56-27-18-32-33(48)20-39(37(50)46-57(52,53)28-15-16-28)19-25(39)10-4-2-1-3-5-14-31(36(49)47(32)21-27)45-38(51)55-23-40/h4,6-13,17,25,27-28,31-32H,1-3,5,14-16,18-23H2,(H,45,51)(H,46,50)/b10-4-/t25-,27-,31+,32+,39-/m1/s1. The van der Waals surface area contributed by atoms with E-state index in [9.17, 15) is 27.6 Å². The van der Waals surface area contributed by atoms with Crippen molar-refractivity contribution in [3.05, 3.63) is 60.7 Å². The number of alkyl carbamates (subject to hydrolysis) is 1. The molecule has 3 aliphatic heterocycles. The number of rotatable bonds is 3. The lowest BCUT2D eigenvalue weighted by atomic mass is 9.91. The van der Waals surface area contributed by atoms with Gasteiger partial charge >= 0.3 is 12.0 Å². The van der Waals surface area contributed by atoms with E-state index in [-0.39, 0.29) is 49.6 Å². The fraction of sp³-hybridized carbons (Fsp3) is 0.500. The lowest BCUT2D eigenvalue weighted by Crippen LogP contribution is -2.52. The van der Waals surface area contributed by atoms with E-state index >= 15 is 8.78 Å². The summed E-state index contributed by atoms with van der Waals surface area (Å²) in [7, 11) is -3.91. The van der Waals surface area contributed by atoms with Gasteiger partial charge in [0.2, 0.25) is 27.7 Å². The second-order valence-corrected chi connectivity index (χ2v) is 17.6. The van der Waals surface area contributed by atoms with Gasteiger partial charge in [-0.1, -0.05) is 49.3 Å². The maximum atomic E-state index is 15.0. The number of nitrogens with one attached hydrogen (secondary N) is 2. The van der Waals surface area contributed by atoms with Crippen LogP contribution in [0.1, 0.15) is 64.2 Å². The fourth-order valence-corrected chi connectivity index (χ4v) is 9.30. The number of sulfonamides is 1. The van der Waals surface area contributed by atoms with Gasteiger partial charge in [-0.3, -0.25) is 19.1 Å². The van der Waals surface area contributed by atoms with E-state index in [0.717, 1.165) is 0 Å². The minimum Gasteiger partial charge on any atom is -0.487 e. The predicted octanol–water partition coefficient (Wildman–Crippen LogP) is 4.86. The Morgan fingerprint density at radius 2 is 1.72 bits per heavy atom. The number of ether oxygens (including phenoxy) is 3. The molecule has 5 atom stereocenters. The Hall–Kier alpha value is -5.19. The number of ketones is 1. The lowest BCUT2D eigenvalue weighted by molar-refractivity contribution is -0.140. The van der Waals surface area contributed by atoms with Crippen molar-refractivity contribution < 1.29 is 50.6 Å². The molecule has 0 radical (unpaired) electrons. The first-order chi connectivity index (χ1) is 27.3. The number of alkyl halides is 2. The fourth-order valence-electron chi connectivity index (χ4n) is 7.92. The summed E-state index contributed by atoms with van der Waals surface area (Å²) in [5.74, 6) is -5.72. The molecule has 3 aromatic rings. The largest absolute Gasteiger partial charge is 0.487 e. The summed E-state index contributed by atoms with van der Waals surface area (Å²) in [6.07, 6.45) is 5.08. The van der Waals surface area contributed by atoms with Crippen LogP contribution in [-0.2, 0) is 29.1 Å². The van der Waals surface area contributed by atoms with Crippen LogP contribution in [0.25, 0.3) is 22.3 Å². The summed E-state index contributed by atoms with van der Waals surface area (Å²) in [4.78, 5) is 66.8. The Morgan fingerprint density at radius 1 is 0.947 bits per heavy atom. The van der Waals surface area contributed by atoms with Gasteiger partial charge in [-0.2, -0.15) is 8.78 Å². The van der Waals surface area contributed by atoms with Crippen molar-refractivity contribution in [2.45, 2.75) is 93.6 Å². The summed E-state index contributed by atoms with van der Waals surface area (Å²) in [5.41, 5.74) is 0.382. The molecule has 2 N–H and O–H groups in total. The van der Waals surface area contributed by atoms with Crippen molar-refractivity contribution in [3.63, 3.8) is 0 Å². The third-order valence-electron chi connectivity index (χ3n) is 11.3. The van der Waals surface area contributed by atoms with Crippen molar-refractivity contribution in [2.75, 3.05) is 19.8 Å². The Labute approximate surface area is 327 Å². The number of amides is 3. The number of carbonyl (C=O) groups excluding carboxylic acids is 4. The summed E-state index contributed by atoms with van der Waals surface area (Å²) < 4.78 is 75.0. The number of para-hydroxylation sites is 2. The molecule has 2 aliphatic carbocycles. The number of allylic oxidation sites excluding steroid dienone is 2. The molecule has 0 spiro atoms. The Morgan fingerprint density at radius 3 is 2.51 bits per heavy atom. The third-order valence-corrected chi connectivity index (χ3v) is 13.1. The minimum absolute atomic E-state index is 0.0242. The van der Waals surface area contributed by atoms with Crippen LogP contribution in [0.3, 0.4) is 0 Å². The maximum Gasteiger partial charge on any atom is 0.408 e. The van der Waals surface area contributed by atoms with Gasteiger partial charge in [-0.05, 0) is 68.7 Å². The van der Waals surface area contributed by atoms with Gasteiger partial charge in [0, 0.05) is 18.4 Å². The van der Waals surface area contributed by atoms with Crippen LogP contribution in [0.4, 0.5) is 13.6 Å². The molecular formula is C40H43F2N5O9S. The molecule has 3 fully saturated rings. The number of hydrogen-bond donors (Lipinski definition) is 2. The molecule has 2 saturated carbocycles. The van der Waals surface area contributed by atoms with Gasteiger partial charge in [-0.15, -0.1) is 0 Å². The van der Waals surface area contributed by atoms with Gasteiger partial charge in [0.15, 0.2) is 19.0 Å². The van der Waals surface area contributed by atoms with Gasteiger partial charge in [0.1, 0.15) is 23.6 Å². The second-order valence-electron chi connectivity index (χ2n) is 15.6. The molecule has 8 rings (SSSR count). The highest BCUT2D eigenvalue weighted by molar-refractivity contribution is 7.90. The van der Waals surface area contributed by atoms with E-state index in [2.05, 4.69) is 10.0 Å². The molecule has 5 aliphatic rings. The van der Waals surface area contributed by atoms with Gasteiger partial charge in [0.05, 0.1) is 34.3 Å². The minimum atomic E-state index is -3.91. The predicted molar refractivity (Wildman–Crippen MR) is 201 cm³/mol. The Kier molecular flexibility index (Phi) is 10.4. The molecule has 5 bridgehead atoms. The average molecular weight is 808 g/mol. The van der Waals surface area contributed by atoms with E-state index in [0.29, 0.717) is 55.1 Å². The summed E-state index contributed by atoms with van der Waals surface area (Å²) >= 11 is 0. The molecule has 1 saturated heterocycles. The van der Waals surface area contributed by atoms with E-state index in [1.54, 1.807) is 36.4 Å². The van der Waals surface area contributed by atoms with Crippen molar-refractivity contribution >= 4 is 44.7 Å². The maximum absolute atomic E-state index is 15.0. The SMILES string of the molecule is O=C1N[C@H]2CCCCC/C=C\[C@@H]3C[C@@]3(C(=O)NS(=O)(=O)C3CC3)CC(=O)[C@@H]3C[C@H](CN3C2=O)Oc2nc3ccccc3nc2-c2cccc(c2)OCC(F)(F)CO1. The van der Waals surface area contributed by atoms with Crippen LogP contribution in [-0.4, -0.2) is 96.1 Å². The van der Waals surface area contributed by atoms with Crippen molar-refractivity contribution in [1.82, 2.24) is 24.9 Å². The molecule has 57 heavy (non-hydrogen) atoms. The quantitative estimate of drug-likeness (QED) is 0.345. The zero-order valence-electron chi connectivity index (χ0n) is 31.0. The molecule has 1 aromatic heterocycles. The lowest BCUT2D eigenvalue weighted by Gasteiger charge is -2.29. The molecular weight excluding hydrogens is 765 g/mol. The van der Waals surface area contributed by atoms with Gasteiger partial charge < -0.3 is 24.4 Å². The summed E-state index contributed by atoms with van der Waals surface area (Å²) in [6, 6.07) is 11.0. The molecule has 0 unspecified atom stereocenters. The topological polar surface area (TPSA) is 183 Å². The number of halogens is 2. The molecule has 14 nitrogen and oxygen atoms in total. The number of nitrogens with zero attached hydrogens (tertiary/aromatic N) is 3. The zero-order chi connectivity index (χ0) is 40.0. The first-order valence-electron chi connectivity index (χ1n) is 19.3. The second kappa shape index (κ2) is 15.3. The number of carbonyl (C=O) groups is 4. The first-order valence-corrected chi connectivity index (χ1v) is 20.9. The molecule has 2 aromatic carbocycles. The highest BCUT2D eigenvalue weighted by Gasteiger charge is 2.61. The molecule has 302 valence electrons. The number of fused-ring (bicyclic) bond motifs is 8. The average Bonchev–Trinajstić information content (AvgIpc) is 4.11. The van der Waals surface area contributed by atoms with E-state index in [4.69, 9.17) is 24.2 Å². The molecule has 3 amide bonds. The highest BCUT2D eigenvalue weighted by Crippen LogP contribution is 2.57. The van der Waals surface area contributed by atoms with Gasteiger partial charge in [-0.25, -0.2) is 23.2 Å². The van der Waals surface area contributed by atoms with Crippen LogP contribution in [0, 0.1) is 11.3 Å². The van der Waals surface area contributed by atoms with Crippen molar-refractivity contribution in [1.29, 1.82) is 0 Å². The smallest absolute Gasteiger partial charge is 0.408 e. The van der Waals surface area contributed by atoms with E-state index in [1.165, 1.54) is 17.0 Å². The number of benzene rings is 2. The number of aromatic nitrogens is 2. The van der Waals surface area contributed by atoms with Crippen molar-refractivity contribution in [3.8, 4) is 22.9 Å². The van der Waals surface area contributed by atoms with Crippen LogP contribution >= 0.6 is 0 Å². The summed E-state index contributed by atoms with van der Waals surface area (Å²) in [6.45, 7) is -2.56. The summed E-state index contributed by atoms with van der Waals surface area (Å²) in [5, 5.41) is 1.82. The Balaban J connectivity index is 1.18. The highest BCUT2D eigenvalue weighted by atomic mass is 32.2. The van der Waals surface area contributed by atoms with Crippen molar-refractivity contribution in [2.24, 2.45) is 11.3 Å². The van der Waals surface area contributed by atoms with Crippen LogP contribution in [0.5, 0.6) is 11.6 Å². The van der Waals surface area contributed by atoms with Crippen LogP contribution < -0.4 is 19.5 Å². The van der Waals surface area contributed by atoms with E-state index in [1.807, 2.05) is 12.2 Å². The number of cyclic esters (lactones) is 1. The van der Waals surface area contributed by atoms with Crippen LogP contribution in [0.2, 0.25) is 0 Å². The zero-order valence-corrected chi connectivity index (χ0v) is 31.8. The monoisotopic (exact) mass is 807 g/mol. The number of hydrogen-bond acceptors (Lipinski definition) is 11. The molecule has 17 heteroatoms. The first kappa shape index (κ1) is 38.7. The number of Topliss-reactive ketones (excluding diaryl/α,β-unsaturated/α-hetero) is 1.